The van der Waals surface area contributed by atoms with Gasteiger partial charge in [0.2, 0.25) is 0 Å². The Bertz CT molecular complexity index is 417. The van der Waals surface area contributed by atoms with Gasteiger partial charge in [-0.05, 0) is 46.1 Å². The Morgan fingerprint density at radius 1 is 1.00 bits per heavy atom. The Hall–Kier alpha value is -1.31. The van der Waals surface area contributed by atoms with Crippen LogP contribution in [0.25, 0.3) is 0 Å². The molecule has 0 bridgehead atoms. The fourth-order valence-corrected chi connectivity index (χ4v) is 2.26. The molecule has 0 heterocycles. The van der Waals surface area contributed by atoms with Crippen molar-refractivity contribution >= 4 is 5.97 Å². The van der Waals surface area contributed by atoms with E-state index in [9.17, 15) is 4.79 Å². The molecule has 1 aromatic carbocycles. The van der Waals surface area contributed by atoms with E-state index in [-0.39, 0.29) is 5.97 Å². The van der Waals surface area contributed by atoms with Gasteiger partial charge in [-0.1, -0.05) is 63.9 Å². The maximum atomic E-state index is 12.5. The molecule has 0 spiro atoms. The molecule has 0 aromatic heterocycles. The smallest absolute Gasteiger partial charge is 0.312 e. The first kappa shape index (κ1) is 20.7. The maximum Gasteiger partial charge on any atom is 0.312 e. The monoisotopic (exact) mass is 306 g/mol. The van der Waals surface area contributed by atoms with Gasteiger partial charge in [-0.2, -0.15) is 0 Å². The van der Waals surface area contributed by atoms with Gasteiger partial charge in [0.15, 0.2) is 0 Å². The van der Waals surface area contributed by atoms with Crippen LogP contribution < -0.4 is 0 Å². The van der Waals surface area contributed by atoms with E-state index in [0.717, 1.165) is 19.3 Å². The van der Waals surface area contributed by atoms with E-state index in [2.05, 4.69) is 32.9 Å². The van der Waals surface area contributed by atoms with Gasteiger partial charge < -0.3 is 4.74 Å². The standard InChI is InChI=1S/C17H26O2.C3H8/c1-6-12-17(5,15(18)19-16(2,3)4)13-14-10-8-7-9-11-14;1-3-2/h7-11H,6,12-13H2,1-5H3;3H2,1-2H3. The summed E-state index contributed by atoms with van der Waals surface area (Å²) in [6.45, 7) is 14.1. The van der Waals surface area contributed by atoms with E-state index in [0.29, 0.717) is 0 Å². The fraction of sp³-hybridized carbons (Fsp3) is 0.650. The third kappa shape index (κ3) is 8.21. The van der Waals surface area contributed by atoms with Crippen molar-refractivity contribution in [3.63, 3.8) is 0 Å². The zero-order valence-electron chi connectivity index (χ0n) is 15.5. The number of esters is 1. The quantitative estimate of drug-likeness (QED) is 0.643. The minimum atomic E-state index is -0.441. The molecule has 22 heavy (non-hydrogen) atoms. The average Bonchev–Trinajstić information content (AvgIpc) is 2.39. The number of hydrogen-bond donors (Lipinski definition) is 0. The predicted octanol–water partition coefficient (Wildman–Crippen LogP) is 5.79. The second-order valence-electron chi connectivity index (χ2n) is 7.18. The summed E-state index contributed by atoms with van der Waals surface area (Å²) in [6, 6.07) is 10.2. The lowest BCUT2D eigenvalue weighted by atomic mass is 9.79. The number of ether oxygens (including phenoxy) is 1. The zero-order chi connectivity index (χ0) is 17.2. The molecule has 2 nitrogen and oxygen atoms in total. The van der Waals surface area contributed by atoms with Gasteiger partial charge in [0, 0.05) is 0 Å². The highest BCUT2D eigenvalue weighted by Crippen LogP contribution is 2.31. The van der Waals surface area contributed by atoms with Crippen molar-refractivity contribution in [3.8, 4) is 0 Å². The van der Waals surface area contributed by atoms with E-state index in [4.69, 9.17) is 4.74 Å². The van der Waals surface area contributed by atoms with Crippen LogP contribution in [-0.2, 0) is 16.0 Å². The van der Waals surface area contributed by atoms with Crippen molar-refractivity contribution in [1.82, 2.24) is 0 Å². The molecular weight excluding hydrogens is 272 g/mol. The topological polar surface area (TPSA) is 26.3 Å². The van der Waals surface area contributed by atoms with Gasteiger partial charge in [-0.25, -0.2) is 0 Å². The molecule has 0 amide bonds. The van der Waals surface area contributed by atoms with Gasteiger partial charge in [0.1, 0.15) is 5.60 Å². The molecule has 1 rings (SSSR count). The summed E-state index contributed by atoms with van der Waals surface area (Å²) in [5.41, 5.74) is 0.316. The lowest BCUT2D eigenvalue weighted by Gasteiger charge is -2.31. The molecule has 0 fully saturated rings. The summed E-state index contributed by atoms with van der Waals surface area (Å²) in [5.74, 6) is -0.0919. The van der Waals surface area contributed by atoms with Gasteiger partial charge in [-0.15, -0.1) is 0 Å². The SMILES string of the molecule is CCC.CCCC(C)(Cc1ccccc1)C(=O)OC(C)(C)C. The molecule has 0 aliphatic heterocycles. The number of carbonyl (C=O) groups is 1. The van der Waals surface area contributed by atoms with E-state index < -0.39 is 11.0 Å². The van der Waals surface area contributed by atoms with E-state index in [1.807, 2.05) is 45.9 Å². The molecule has 1 atom stereocenters. The maximum absolute atomic E-state index is 12.5. The van der Waals surface area contributed by atoms with Gasteiger partial charge in [-0.3, -0.25) is 4.79 Å². The van der Waals surface area contributed by atoms with Crippen molar-refractivity contribution < 1.29 is 9.53 Å². The molecule has 0 radical (unpaired) electrons. The van der Waals surface area contributed by atoms with Crippen LogP contribution in [-0.4, -0.2) is 11.6 Å². The third-order valence-electron chi connectivity index (χ3n) is 3.13. The second-order valence-corrected chi connectivity index (χ2v) is 7.18. The summed E-state index contributed by atoms with van der Waals surface area (Å²) in [4.78, 5) is 12.5. The van der Waals surface area contributed by atoms with Crippen molar-refractivity contribution in [3.05, 3.63) is 35.9 Å². The van der Waals surface area contributed by atoms with E-state index in [1.54, 1.807) is 0 Å². The lowest BCUT2D eigenvalue weighted by Crippen LogP contribution is -2.37. The van der Waals surface area contributed by atoms with Crippen molar-refractivity contribution in [1.29, 1.82) is 0 Å². The zero-order valence-corrected chi connectivity index (χ0v) is 15.5. The Labute approximate surface area is 137 Å². The summed E-state index contributed by atoms with van der Waals surface area (Å²) >= 11 is 0. The molecule has 0 saturated carbocycles. The molecule has 126 valence electrons. The molecule has 0 aliphatic carbocycles. The number of benzene rings is 1. The summed E-state index contributed by atoms with van der Waals surface area (Å²) in [7, 11) is 0. The van der Waals surface area contributed by atoms with Crippen LogP contribution in [0.3, 0.4) is 0 Å². The van der Waals surface area contributed by atoms with Crippen LogP contribution in [0, 0.1) is 5.41 Å². The van der Waals surface area contributed by atoms with Crippen molar-refractivity contribution in [2.75, 3.05) is 0 Å². The average molecular weight is 306 g/mol. The highest BCUT2D eigenvalue weighted by Gasteiger charge is 2.36. The third-order valence-corrected chi connectivity index (χ3v) is 3.13. The van der Waals surface area contributed by atoms with Crippen LogP contribution in [0.5, 0.6) is 0 Å². The highest BCUT2D eigenvalue weighted by atomic mass is 16.6. The van der Waals surface area contributed by atoms with Crippen molar-refractivity contribution in [2.24, 2.45) is 5.41 Å². The highest BCUT2D eigenvalue weighted by molar-refractivity contribution is 5.77. The van der Waals surface area contributed by atoms with Crippen molar-refractivity contribution in [2.45, 2.75) is 79.8 Å². The molecule has 0 N–H and O–H groups in total. The molecule has 0 aliphatic rings. The van der Waals surface area contributed by atoms with Gasteiger partial charge in [0.25, 0.3) is 0 Å². The van der Waals surface area contributed by atoms with Gasteiger partial charge >= 0.3 is 5.97 Å². The number of rotatable bonds is 5. The first-order valence-electron chi connectivity index (χ1n) is 8.46. The number of carbonyl (C=O) groups excluding carboxylic acids is 1. The van der Waals surface area contributed by atoms with Crippen LogP contribution in [0.1, 0.15) is 73.3 Å². The first-order chi connectivity index (χ1) is 10.2. The van der Waals surface area contributed by atoms with Crippen LogP contribution in [0.4, 0.5) is 0 Å². The largest absolute Gasteiger partial charge is 0.460 e. The summed E-state index contributed by atoms with van der Waals surface area (Å²) < 4.78 is 5.59. The summed E-state index contributed by atoms with van der Waals surface area (Å²) in [6.07, 6.45) is 3.80. The second kappa shape index (κ2) is 9.66. The van der Waals surface area contributed by atoms with E-state index >= 15 is 0 Å². The van der Waals surface area contributed by atoms with Gasteiger partial charge in [0.05, 0.1) is 5.41 Å². The predicted molar refractivity (Wildman–Crippen MR) is 95.0 cm³/mol. The van der Waals surface area contributed by atoms with E-state index in [1.165, 1.54) is 12.0 Å². The van der Waals surface area contributed by atoms with Crippen LogP contribution in [0.2, 0.25) is 0 Å². The Morgan fingerprint density at radius 2 is 1.50 bits per heavy atom. The molecule has 1 unspecified atom stereocenters. The minimum absolute atomic E-state index is 0.0919. The Kier molecular flexibility index (Phi) is 9.08. The Morgan fingerprint density at radius 3 is 1.91 bits per heavy atom. The molecule has 0 saturated heterocycles. The molecule has 2 heteroatoms. The Balaban J connectivity index is 0.00000135. The molecule has 1 aromatic rings. The van der Waals surface area contributed by atoms with Crippen LogP contribution >= 0.6 is 0 Å². The fourth-order valence-electron chi connectivity index (χ4n) is 2.26. The van der Waals surface area contributed by atoms with Crippen LogP contribution in [0.15, 0.2) is 30.3 Å². The summed E-state index contributed by atoms with van der Waals surface area (Å²) in [5, 5.41) is 0. The number of hydrogen-bond acceptors (Lipinski definition) is 2. The normalized spacial score (nSPS) is 13.6. The first-order valence-corrected chi connectivity index (χ1v) is 8.46. The minimum Gasteiger partial charge on any atom is -0.460 e. The molecular formula is C20H34O2. The lowest BCUT2D eigenvalue weighted by molar-refractivity contribution is -0.167.